The van der Waals surface area contributed by atoms with Gasteiger partial charge in [0.05, 0.1) is 0 Å². The zero-order chi connectivity index (χ0) is 29.7. The van der Waals surface area contributed by atoms with Crippen LogP contribution >= 0.6 is 0 Å². The Hall–Kier alpha value is -2.43. The molecule has 1 N–H and O–H groups in total. The Morgan fingerprint density at radius 3 is 2.32 bits per heavy atom. The Balaban J connectivity index is 1.16. The fourth-order valence-electron chi connectivity index (χ4n) is 6.94. The van der Waals surface area contributed by atoms with E-state index < -0.39 is 100 Å². The molecule has 3 aliphatic heterocycles. The molecule has 7 unspecified atom stereocenters. The van der Waals surface area contributed by atoms with Crippen LogP contribution in [0.15, 0.2) is 0 Å². The van der Waals surface area contributed by atoms with Gasteiger partial charge in [-0.3, -0.25) is 14.1 Å². The van der Waals surface area contributed by atoms with Crippen LogP contribution in [0, 0.1) is 17.8 Å². The molecule has 0 aromatic carbocycles. The number of carbonyl (C=O) groups excluding carboxylic acids is 4. The van der Waals surface area contributed by atoms with E-state index in [1.54, 1.807) is 0 Å². The van der Waals surface area contributed by atoms with Gasteiger partial charge in [0.2, 0.25) is 0 Å². The highest BCUT2D eigenvalue weighted by molar-refractivity contribution is 7.86. The van der Waals surface area contributed by atoms with Crippen LogP contribution in [-0.2, 0) is 57.7 Å². The number of carbonyl (C=O) groups is 4. The Kier molecular flexibility index (Phi) is 8.06. The van der Waals surface area contributed by atoms with Crippen molar-refractivity contribution in [1.82, 2.24) is 0 Å². The largest absolute Gasteiger partial charge is 0.458 e. The third-order valence-electron chi connectivity index (χ3n) is 8.86. The molecule has 5 rings (SSSR count). The molecule has 0 radical (unpaired) electrons. The van der Waals surface area contributed by atoms with Gasteiger partial charge in [-0.1, -0.05) is 12.8 Å². The highest BCUT2D eigenvalue weighted by Crippen LogP contribution is 2.53. The summed E-state index contributed by atoms with van der Waals surface area (Å²) in [6.45, 7) is -1.32. The number of ether oxygens (including phenoxy) is 6. The van der Waals surface area contributed by atoms with Crippen LogP contribution in [0.4, 0.5) is 8.78 Å². The van der Waals surface area contributed by atoms with Gasteiger partial charge in [0.1, 0.15) is 42.9 Å². The maximum atomic E-state index is 13.6. The summed E-state index contributed by atoms with van der Waals surface area (Å²) in [7, 11) is -5.84. The molecule has 0 spiro atoms. The molecule has 3 saturated heterocycles. The third kappa shape index (κ3) is 5.43. The number of esters is 4. The van der Waals surface area contributed by atoms with Crippen molar-refractivity contribution >= 4 is 34.0 Å². The highest BCUT2D eigenvalue weighted by Gasteiger charge is 2.72. The van der Waals surface area contributed by atoms with E-state index in [4.69, 9.17) is 28.2 Å². The Morgan fingerprint density at radius 2 is 1.68 bits per heavy atom. The Morgan fingerprint density at radius 1 is 1.05 bits per heavy atom. The molecular weight excluding hydrogens is 578 g/mol. The molecule has 13 nitrogen and oxygen atoms in total. The summed E-state index contributed by atoms with van der Waals surface area (Å²) in [5.74, 6) is -5.32. The van der Waals surface area contributed by atoms with Crippen LogP contribution in [0.1, 0.15) is 58.3 Å². The maximum Gasteiger partial charge on any atom is 0.405 e. The van der Waals surface area contributed by atoms with Crippen LogP contribution < -0.4 is 0 Å². The van der Waals surface area contributed by atoms with Gasteiger partial charge in [0, 0.05) is 0 Å². The summed E-state index contributed by atoms with van der Waals surface area (Å²) in [4.78, 5) is 50.4. The highest BCUT2D eigenvalue weighted by atomic mass is 32.2. The minimum absolute atomic E-state index is 0.261. The lowest BCUT2D eigenvalue weighted by atomic mass is 9.78. The lowest BCUT2D eigenvalue weighted by Gasteiger charge is -2.37. The van der Waals surface area contributed by atoms with Crippen LogP contribution in [-0.4, -0.2) is 91.4 Å². The average molecular weight is 611 g/mol. The quantitative estimate of drug-likeness (QED) is 0.201. The molecule has 0 aromatic rings. The van der Waals surface area contributed by atoms with E-state index in [2.05, 4.69) is 4.74 Å². The van der Waals surface area contributed by atoms with Crippen molar-refractivity contribution in [3.8, 4) is 0 Å². The first-order valence-electron chi connectivity index (χ1n) is 13.7. The standard InChI is InChI=1S/C25H32F2O13S/c1-12(25(26,27)41(32,33)34)36-14(28)10-35-11-15(29)37-20-19-17(16-18(38-19)21(20)39-22(16)30)23(31)40-24(8-4-5-9-24)13-6-2-3-7-13/h12-13,16-21H,2-11H2,1H3,(H,32,33,34). The predicted molar refractivity (Wildman–Crippen MR) is 128 cm³/mol. The zero-order valence-electron chi connectivity index (χ0n) is 22.2. The molecule has 3 heterocycles. The molecule has 2 saturated carbocycles. The molecule has 230 valence electrons. The number of hydrogen-bond donors (Lipinski definition) is 1. The number of rotatable bonds is 11. The van der Waals surface area contributed by atoms with Crippen LogP contribution in [0.2, 0.25) is 0 Å². The second kappa shape index (κ2) is 11.0. The molecule has 0 amide bonds. The molecule has 7 atom stereocenters. The van der Waals surface area contributed by atoms with E-state index >= 15 is 0 Å². The Labute approximate surface area is 234 Å². The minimum atomic E-state index is -5.84. The van der Waals surface area contributed by atoms with Gasteiger partial charge in [-0.15, -0.1) is 0 Å². The average Bonchev–Trinajstić information content (AvgIpc) is 3.69. The molecule has 16 heteroatoms. The first kappa shape index (κ1) is 30.0. The lowest BCUT2D eigenvalue weighted by molar-refractivity contribution is -0.180. The van der Waals surface area contributed by atoms with Crippen molar-refractivity contribution in [1.29, 1.82) is 0 Å². The monoisotopic (exact) mass is 610 g/mol. The summed E-state index contributed by atoms with van der Waals surface area (Å²) in [5.41, 5.74) is -0.575. The summed E-state index contributed by atoms with van der Waals surface area (Å²) in [6.07, 6.45) is 1.11. The number of hydrogen-bond acceptors (Lipinski definition) is 12. The van der Waals surface area contributed by atoms with E-state index in [1.807, 2.05) is 0 Å². The molecule has 0 aromatic heterocycles. The van der Waals surface area contributed by atoms with Crippen molar-refractivity contribution in [3.05, 3.63) is 0 Å². The Bertz CT molecular complexity index is 1180. The fourth-order valence-corrected chi connectivity index (χ4v) is 7.41. The SMILES string of the molecule is CC(OC(=O)COCC(=O)OC1C2OC(=O)C3C2OC1C3C(=O)OC1(C2CCCC2)CCCC1)C(F)(F)S(=O)(=O)O. The van der Waals surface area contributed by atoms with Gasteiger partial charge in [0.25, 0.3) is 0 Å². The summed E-state index contributed by atoms with van der Waals surface area (Å²) in [5, 5.41) is -4.76. The second-order valence-corrected chi connectivity index (χ2v) is 12.8. The van der Waals surface area contributed by atoms with E-state index in [1.165, 1.54) is 0 Å². The lowest BCUT2D eigenvalue weighted by Crippen LogP contribution is -2.50. The van der Waals surface area contributed by atoms with E-state index in [-0.39, 0.29) is 5.92 Å². The van der Waals surface area contributed by atoms with Gasteiger partial charge in [-0.2, -0.15) is 17.2 Å². The van der Waals surface area contributed by atoms with Gasteiger partial charge in [0.15, 0.2) is 18.3 Å². The predicted octanol–water partition coefficient (Wildman–Crippen LogP) is 1.31. The molecule has 5 aliphatic rings. The summed E-state index contributed by atoms with van der Waals surface area (Å²) < 4.78 is 89.0. The third-order valence-corrected chi connectivity index (χ3v) is 9.88. The van der Waals surface area contributed by atoms with Crippen molar-refractivity contribution in [3.63, 3.8) is 0 Å². The van der Waals surface area contributed by atoms with Crippen LogP contribution in [0.25, 0.3) is 0 Å². The minimum Gasteiger partial charge on any atom is -0.458 e. The molecule has 41 heavy (non-hydrogen) atoms. The van der Waals surface area contributed by atoms with Gasteiger partial charge < -0.3 is 28.4 Å². The first-order valence-corrected chi connectivity index (χ1v) is 15.1. The smallest absolute Gasteiger partial charge is 0.405 e. The van der Waals surface area contributed by atoms with Crippen molar-refractivity contribution < 1.29 is 69.4 Å². The van der Waals surface area contributed by atoms with Gasteiger partial charge in [-0.25, -0.2) is 9.59 Å². The summed E-state index contributed by atoms with van der Waals surface area (Å²) >= 11 is 0. The number of halogens is 2. The van der Waals surface area contributed by atoms with Gasteiger partial charge >= 0.3 is 39.2 Å². The van der Waals surface area contributed by atoms with Crippen LogP contribution in [0.5, 0.6) is 0 Å². The van der Waals surface area contributed by atoms with E-state index in [0.717, 1.165) is 51.4 Å². The van der Waals surface area contributed by atoms with E-state index in [9.17, 15) is 36.4 Å². The maximum absolute atomic E-state index is 13.6. The second-order valence-electron chi connectivity index (χ2n) is 11.3. The van der Waals surface area contributed by atoms with Crippen molar-refractivity contribution in [2.75, 3.05) is 13.2 Å². The topological polar surface area (TPSA) is 178 Å². The molecular formula is C25H32F2O13S. The summed E-state index contributed by atoms with van der Waals surface area (Å²) in [6, 6.07) is 0. The van der Waals surface area contributed by atoms with Gasteiger partial charge in [-0.05, 0) is 51.4 Å². The molecule has 2 bridgehead atoms. The number of alkyl halides is 2. The fraction of sp³-hybridized carbons (Fsp3) is 0.840. The molecule has 2 aliphatic carbocycles. The number of fused-ring (bicyclic) bond motifs is 1. The normalized spacial score (nSPS) is 33.0. The van der Waals surface area contributed by atoms with Crippen molar-refractivity contribution in [2.45, 2.75) is 99.7 Å². The van der Waals surface area contributed by atoms with Crippen LogP contribution in [0.3, 0.4) is 0 Å². The van der Waals surface area contributed by atoms with E-state index in [0.29, 0.717) is 6.92 Å². The molecule has 5 fully saturated rings. The zero-order valence-corrected chi connectivity index (χ0v) is 23.0. The van der Waals surface area contributed by atoms with Crippen molar-refractivity contribution in [2.24, 2.45) is 17.8 Å². The first-order chi connectivity index (χ1) is 19.2.